The molecule has 3 N–H and O–H groups in total. The first kappa shape index (κ1) is 15.5. The van der Waals surface area contributed by atoms with Crippen molar-refractivity contribution in [1.29, 1.82) is 0 Å². The zero-order valence-electron chi connectivity index (χ0n) is 12.2. The number of hydrogen-bond donors (Lipinski definition) is 2. The van der Waals surface area contributed by atoms with Crippen LogP contribution in [0.4, 0.5) is 5.69 Å². The quantitative estimate of drug-likeness (QED) is 0.775. The smallest absolute Gasteiger partial charge is 0.251 e. The van der Waals surface area contributed by atoms with Crippen molar-refractivity contribution in [3.8, 4) is 0 Å². The molecule has 0 saturated heterocycles. The minimum absolute atomic E-state index is 0.00767. The fourth-order valence-electron chi connectivity index (χ4n) is 1.78. The maximum absolute atomic E-state index is 12.3. The standard InChI is InChI=1S/C15H24N2O2/c1-5-19-9-14(10(2)3)17-15(18)13-8-12(16)7-6-11(13)4/h6-8,10,14H,5,9,16H2,1-4H3,(H,17,18). The Kier molecular flexibility index (Phi) is 5.83. The molecule has 1 amide bonds. The van der Waals surface area contributed by atoms with Crippen molar-refractivity contribution in [3.63, 3.8) is 0 Å². The van der Waals surface area contributed by atoms with Gasteiger partial charge in [-0.1, -0.05) is 19.9 Å². The van der Waals surface area contributed by atoms with E-state index >= 15 is 0 Å². The van der Waals surface area contributed by atoms with E-state index in [1.165, 1.54) is 0 Å². The minimum Gasteiger partial charge on any atom is -0.399 e. The molecule has 1 rings (SSSR count). The zero-order valence-corrected chi connectivity index (χ0v) is 12.2. The van der Waals surface area contributed by atoms with Crippen molar-refractivity contribution in [3.05, 3.63) is 29.3 Å². The summed E-state index contributed by atoms with van der Waals surface area (Å²) in [5.74, 6) is 0.222. The molecule has 1 aromatic rings. The summed E-state index contributed by atoms with van der Waals surface area (Å²) < 4.78 is 5.41. The topological polar surface area (TPSA) is 64.3 Å². The second kappa shape index (κ2) is 7.14. The first-order valence-electron chi connectivity index (χ1n) is 6.70. The Labute approximate surface area is 115 Å². The number of aryl methyl sites for hydroxylation is 1. The fourth-order valence-corrected chi connectivity index (χ4v) is 1.78. The van der Waals surface area contributed by atoms with Gasteiger partial charge in [-0.2, -0.15) is 0 Å². The molecule has 0 fully saturated rings. The van der Waals surface area contributed by atoms with Gasteiger partial charge in [-0.05, 0) is 37.5 Å². The van der Waals surface area contributed by atoms with Gasteiger partial charge >= 0.3 is 0 Å². The Morgan fingerprint density at radius 2 is 2.11 bits per heavy atom. The first-order valence-corrected chi connectivity index (χ1v) is 6.70. The summed E-state index contributed by atoms with van der Waals surface area (Å²) >= 11 is 0. The molecule has 0 saturated carbocycles. The number of anilines is 1. The van der Waals surface area contributed by atoms with E-state index in [1.54, 1.807) is 12.1 Å². The third-order valence-corrected chi connectivity index (χ3v) is 3.13. The maximum atomic E-state index is 12.3. The van der Waals surface area contributed by atoms with Crippen LogP contribution in [0.15, 0.2) is 18.2 Å². The zero-order chi connectivity index (χ0) is 14.4. The Hall–Kier alpha value is -1.55. The third-order valence-electron chi connectivity index (χ3n) is 3.13. The average Bonchev–Trinajstić information content (AvgIpc) is 2.36. The highest BCUT2D eigenvalue weighted by Crippen LogP contribution is 2.13. The summed E-state index contributed by atoms with van der Waals surface area (Å²) in [7, 11) is 0. The first-order chi connectivity index (χ1) is 8.95. The monoisotopic (exact) mass is 264 g/mol. The summed E-state index contributed by atoms with van der Waals surface area (Å²) in [6.07, 6.45) is 0. The molecule has 0 radical (unpaired) electrons. The van der Waals surface area contributed by atoms with E-state index in [1.807, 2.05) is 19.9 Å². The van der Waals surface area contributed by atoms with Crippen molar-refractivity contribution in [2.75, 3.05) is 18.9 Å². The van der Waals surface area contributed by atoms with Gasteiger partial charge in [0.25, 0.3) is 5.91 Å². The van der Waals surface area contributed by atoms with Crippen LogP contribution in [-0.2, 0) is 4.74 Å². The second-order valence-electron chi connectivity index (χ2n) is 5.06. The Balaban J connectivity index is 2.78. The molecule has 106 valence electrons. The molecule has 0 bridgehead atoms. The van der Waals surface area contributed by atoms with Gasteiger partial charge in [0, 0.05) is 17.9 Å². The van der Waals surface area contributed by atoms with Crippen LogP contribution >= 0.6 is 0 Å². The van der Waals surface area contributed by atoms with Gasteiger partial charge in [-0.15, -0.1) is 0 Å². The number of rotatable bonds is 6. The van der Waals surface area contributed by atoms with Crippen LogP contribution in [0.25, 0.3) is 0 Å². The number of amides is 1. The highest BCUT2D eigenvalue weighted by molar-refractivity contribution is 5.96. The number of carbonyl (C=O) groups is 1. The molecular weight excluding hydrogens is 240 g/mol. The predicted molar refractivity (Wildman–Crippen MR) is 78.2 cm³/mol. The Bertz CT molecular complexity index is 430. The van der Waals surface area contributed by atoms with Gasteiger partial charge in [0.1, 0.15) is 0 Å². The van der Waals surface area contributed by atoms with Crippen molar-refractivity contribution in [2.24, 2.45) is 5.92 Å². The number of nitrogens with one attached hydrogen (secondary N) is 1. The minimum atomic E-state index is -0.0943. The Morgan fingerprint density at radius 3 is 2.68 bits per heavy atom. The molecule has 4 nitrogen and oxygen atoms in total. The van der Waals surface area contributed by atoms with Crippen LogP contribution in [-0.4, -0.2) is 25.2 Å². The van der Waals surface area contributed by atoms with Crippen LogP contribution < -0.4 is 11.1 Å². The van der Waals surface area contributed by atoms with Crippen LogP contribution in [0.2, 0.25) is 0 Å². The van der Waals surface area contributed by atoms with Gasteiger partial charge in [0.2, 0.25) is 0 Å². The molecule has 0 aliphatic heterocycles. The van der Waals surface area contributed by atoms with Crippen molar-refractivity contribution >= 4 is 11.6 Å². The summed E-state index contributed by atoms with van der Waals surface area (Å²) in [4.78, 5) is 12.3. The van der Waals surface area contributed by atoms with Gasteiger partial charge in [-0.3, -0.25) is 4.79 Å². The number of nitrogen functional groups attached to an aromatic ring is 1. The SMILES string of the molecule is CCOCC(NC(=O)c1cc(N)ccc1C)C(C)C. The number of hydrogen-bond acceptors (Lipinski definition) is 3. The van der Waals surface area contributed by atoms with E-state index in [0.717, 1.165) is 5.56 Å². The number of benzene rings is 1. The van der Waals surface area contributed by atoms with Crippen LogP contribution in [0.3, 0.4) is 0 Å². The third kappa shape index (κ3) is 4.56. The molecule has 19 heavy (non-hydrogen) atoms. The van der Waals surface area contributed by atoms with E-state index in [2.05, 4.69) is 19.2 Å². The van der Waals surface area contributed by atoms with Gasteiger partial charge in [-0.25, -0.2) is 0 Å². The Morgan fingerprint density at radius 1 is 1.42 bits per heavy atom. The highest BCUT2D eigenvalue weighted by atomic mass is 16.5. The van der Waals surface area contributed by atoms with Crippen molar-refractivity contribution < 1.29 is 9.53 Å². The molecule has 1 atom stereocenters. The molecular formula is C15H24N2O2. The number of carbonyl (C=O) groups excluding carboxylic acids is 1. The molecule has 0 spiro atoms. The summed E-state index contributed by atoms with van der Waals surface area (Å²) in [6.45, 7) is 9.16. The second-order valence-corrected chi connectivity index (χ2v) is 5.06. The summed E-state index contributed by atoms with van der Waals surface area (Å²) in [5.41, 5.74) is 7.88. The van der Waals surface area contributed by atoms with Crippen molar-refractivity contribution in [2.45, 2.75) is 33.7 Å². The highest BCUT2D eigenvalue weighted by Gasteiger charge is 2.18. The summed E-state index contributed by atoms with van der Waals surface area (Å²) in [6, 6.07) is 5.37. The van der Waals surface area contributed by atoms with Crippen molar-refractivity contribution in [1.82, 2.24) is 5.32 Å². The lowest BCUT2D eigenvalue weighted by Gasteiger charge is -2.22. The lowest BCUT2D eigenvalue weighted by atomic mass is 10.0. The molecule has 1 aromatic carbocycles. The number of ether oxygens (including phenoxy) is 1. The van der Waals surface area contributed by atoms with Gasteiger partial charge in [0.05, 0.1) is 12.6 Å². The average molecular weight is 264 g/mol. The van der Waals surface area contributed by atoms with E-state index in [0.29, 0.717) is 30.4 Å². The van der Waals surface area contributed by atoms with E-state index in [4.69, 9.17) is 10.5 Å². The largest absolute Gasteiger partial charge is 0.399 e. The lowest BCUT2D eigenvalue weighted by molar-refractivity contribution is 0.0805. The molecule has 0 aromatic heterocycles. The lowest BCUT2D eigenvalue weighted by Crippen LogP contribution is -2.42. The normalized spacial score (nSPS) is 12.5. The fraction of sp³-hybridized carbons (Fsp3) is 0.533. The van der Waals surface area contributed by atoms with Gasteiger partial charge < -0.3 is 15.8 Å². The summed E-state index contributed by atoms with van der Waals surface area (Å²) in [5, 5.41) is 3.02. The van der Waals surface area contributed by atoms with E-state index in [-0.39, 0.29) is 11.9 Å². The maximum Gasteiger partial charge on any atom is 0.251 e. The molecule has 1 unspecified atom stereocenters. The molecule has 0 heterocycles. The number of nitrogens with two attached hydrogens (primary N) is 1. The van der Waals surface area contributed by atoms with Crippen LogP contribution in [0.1, 0.15) is 36.7 Å². The molecule has 4 heteroatoms. The van der Waals surface area contributed by atoms with E-state index in [9.17, 15) is 4.79 Å². The predicted octanol–water partition coefficient (Wildman–Crippen LogP) is 2.37. The molecule has 0 aliphatic carbocycles. The van der Waals surface area contributed by atoms with Crippen LogP contribution in [0.5, 0.6) is 0 Å². The van der Waals surface area contributed by atoms with E-state index < -0.39 is 0 Å². The molecule has 0 aliphatic rings. The van der Waals surface area contributed by atoms with Crippen LogP contribution in [0, 0.1) is 12.8 Å². The van der Waals surface area contributed by atoms with Gasteiger partial charge in [0.15, 0.2) is 0 Å².